The molecule has 3 nitrogen and oxygen atoms in total. The highest BCUT2D eigenvalue weighted by atomic mass is 16.5. The van der Waals surface area contributed by atoms with Crippen LogP contribution in [0, 0.1) is 19.3 Å². The zero-order valence-electron chi connectivity index (χ0n) is 11.5. The van der Waals surface area contributed by atoms with Gasteiger partial charge in [-0.15, -0.1) is 0 Å². The first-order valence-corrected chi connectivity index (χ1v) is 6.50. The molecule has 96 valence electrons. The first-order chi connectivity index (χ1) is 8.06. The summed E-state index contributed by atoms with van der Waals surface area (Å²) in [4.78, 5) is 0. The highest BCUT2D eigenvalue weighted by Crippen LogP contribution is 2.25. The van der Waals surface area contributed by atoms with Crippen molar-refractivity contribution in [1.29, 1.82) is 0 Å². The molecule has 0 saturated carbocycles. The second kappa shape index (κ2) is 4.83. The fourth-order valence-corrected chi connectivity index (χ4v) is 2.59. The quantitative estimate of drug-likeness (QED) is 0.848. The topological polar surface area (TPSA) is 26.2 Å². The van der Waals surface area contributed by atoms with Crippen LogP contribution in [-0.2, 0) is 17.8 Å². The predicted octanol–water partition coefficient (Wildman–Crippen LogP) is 2.25. The molecule has 2 heterocycles. The highest BCUT2D eigenvalue weighted by molar-refractivity contribution is 5.26. The van der Waals surface area contributed by atoms with Gasteiger partial charge in [-0.2, -0.15) is 0 Å². The molecule has 0 aliphatic carbocycles. The number of hydrogen-bond donors (Lipinski definition) is 1. The molecule has 0 unspecified atom stereocenters. The Kier molecular flexibility index (Phi) is 3.59. The summed E-state index contributed by atoms with van der Waals surface area (Å²) in [6, 6.07) is 2.30. The summed E-state index contributed by atoms with van der Waals surface area (Å²) < 4.78 is 7.63. The summed E-state index contributed by atoms with van der Waals surface area (Å²) in [5, 5.41) is 3.56. The van der Waals surface area contributed by atoms with E-state index in [1.54, 1.807) is 0 Å². The lowest BCUT2D eigenvalue weighted by Crippen LogP contribution is -2.47. The third kappa shape index (κ3) is 2.55. The molecule has 0 spiro atoms. The average Bonchev–Trinajstić information content (AvgIpc) is 2.51. The summed E-state index contributed by atoms with van der Waals surface area (Å²) in [6.45, 7) is 13.7. The molecule has 1 aliphatic rings. The third-order valence-electron chi connectivity index (χ3n) is 3.76. The smallest absolute Gasteiger partial charge is 0.0554 e. The second-order valence-corrected chi connectivity index (χ2v) is 5.55. The van der Waals surface area contributed by atoms with Crippen molar-refractivity contribution >= 4 is 0 Å². The first kappa shape index (κ1) is 12.7. The molecule has 1 saturated heterocycles. The Morgan fingerprint density at radius 2 is 2.12 bits per heavy atom. The lowest BCUT2D eigenvalue weighted by atomic mass is 9.89. The molecule has 1 aromatic rings. The van der Waals surface area contributed by atoms with Crippen LogP contribution in [0.1, 0.15) is 30.8 Å². The Bertz CT molecular complexity index is 391. The van der Waals surface area contributed by atoms with E-state index >= 15 is 0 Å². The van der Waals surface area contributed by atoms with E-state index in [0.717, 1.165) is 32.8 Å². The number of rotatable bonds is 5. The maximum Gasteiger partial charge on any atom is 0.0554 e. The molecule has 0 aromatic carbocycles. The van der Waals surface area contributed by atoms with Crippen LogP contribution in [-0.4, -0.2) is 24.3 Å². The van der Waals surface area contributed by atoms with Gasteiger partial charge < -0.3 is 14.6 Å². The molecule has 0 amide bonds. The van der Waals surface area contributed by atoms with Gasteiger partial charge >= 0.3 is 0 Å². The minimum Gasteiger partial charge on any atom is -0.380 e. The van der Waals surface area contributed by atoms with Crippen LogP contribution in [0.2, 0.25) is 0 Å². The molecule has 1 aliphatic heterocycles. The normalized spacial score (nSPS) is 18.1. The lowest BCUT2D eigenvalue weighted by molar-refractivity contribution is -0.0991. The van der Waals surface area contributed by atoms with Crippen molar-refractivity contribution in [2.75, 3.05) is 19.8 Å². The number of hydrogen-bond acceptors (Lipinski definition) is 2. The van der Waals surface area contributed by atoms with Crippen LogP contribution in [0.25, 0.3) is 0 Å². The fourth-order valence-electron chi connectivity index (χ4n) is 2.59. The Balaban J connectivity index is 1.90. The molecule has 17 heavy (non-hydrogen) atoms. The zero-order chi connectivity index (χ0) is 12.5. The first-order valence-electron chi connectivity index (χ1n) is 6.50. The van der Waals surface area contributed by atoms with E-state index in [1.165, 1.54) is 17.0 Å². The molecular weight excluding hydrogens is 212 g/mol. The largest absolute Gasteiger partial charge is 0.380 e. The Hall–Kier alpha value is -0.800. The minimum atomic E-state index is 0.357. The predicted molar refractivity (Wildman–Crippen MR) is 70.2 cm³/mol. The number of ether oxygens (including phenoxy) is 1. The van der Waals surface area contributed by atoms with E-state index in [2.05, 4.69) is 43.6 Å². The van der Waals surface area contributed by atoms with Crippen molar-refractivity contribution in [2.24, 2.45) is 5.41 Å². The average molecular weight is 236 g/mol. The molecular formula is C14H24N2O. The highest BCUT2D eigenvalue weighted by Gasteiger charge is 2.32. The van der Waals surface area contributed by atoms with Crippen molar-refractivity contribution < 1.29 is 4.74 Å². The molecule has 1 fully saturated rings. The van der Waals surface area contributed by atoms with Crippen molar-refractivity contribution in [3.8, 4) is 0 Å². The molecule has 0 bridgehead atoms. The van der Waals surface area contributed by atoms with E-state index in [0.29, 0.717) is 5.41 Å². The van der Waals surface area contributed by atoms with Gasteiger partial charge in [0.1, 0.15) is 0 Å². The maximum atomic E-state index is 5.26. The number of nitrogens with one attached hydrogen (secondary N) is 1. The number of aryl methyl sites for hydroxylation is 1. The molecule has 1 N–H and O–H groups in total. The van der Waals surface area contributed by atoms with Gasteiger partial charge in [0, 0.05) is 36.4 Å². The van der Waals surface area contributed by atoms with Crippen LogP contribution in [0.4, 0.5) is 0 Å². The SMILES string of the molecule is CCn1c(C)cc(CNCC2(C)COC2)c1C. The standard InChI is InChI=1S/C14H24N2O/c1-5-16-11(2)6-13(12(16)3)7-15-8-14(4)9-17-10-14/h6,15H,5,7-10H2,1-4H3. The molecule has 3 heteroatoms. The van der Waals surface area contributed by atoms with Crippen molar-refractivity contribution in [3.63, 3.8) is 0 Å². The Morgan fingerprint density at radius 1 is 1.41 bits per heavy atom. The summed E-state index contributed by atoms with van der Waals surface area (Å²) >= 11 is 0. The monoisotopic (exact) mass is 236 g/mol. The minimum absolute atomic E-state index is 0.357. The zero-order valence-corrected chi connectivity index (χ0v) is 11.5. The van der Waals surface area contributed by atoms with E-state index < -0.39 is 0 Å². The van der Waals surface area contributed by atoms with Gasteiger partial charge in [0.2, 0.25) is 0 Å². The van der Waals surface area contributed by atoms with E-state index in [4.69, 9.17) is 4.74 Å². The summed E-state index contributed by atoms with van der Waals surface area (Å²) in [5.41, 5.74) is 4.54. The summed E-state index contributed by atoms with van der Waals surface area (Å²) in [6.07, 6.45) is 0. The van der Waals surface area contributed by atoms with Gasteiger partial charge in [-0.25, -0.2) is 0 Å². The number of aromatic nitrogens is 1. The second-order valence-electron chi connectivity index (χ2n) is 5.55. The van der Waals surface area contributed by atoms with Crippen molar-refractivity contribution in [1.82, 2.24) is 9.88 Å². The van der Waals surface area contributed by atoms with Crippen molar-refractivity contribution in [3.05, 3.63) is 23.0 Å². The van der Waals surface area contributed by atoms with Crippen LogP contribution < -0.4 is 5.32 Å². The van der Waals surface area contributed by atoms with E-state index in [-0.39, 0.29) is 0 Å². The fraction of sp³-hybridized carbons (Fsp3) is 0.714. The molecule has 1 aromatic heterocycles. The van der Waals surface area contributed by atoms with Crippen LogP contribution in [0.15, 0.2) is 6.07 Å². The molecule has 0 atom stereocenters. The van der Waals surface area contributed by atoms with Gasteiger partial charge in [-0.3, -0.25) is 0 Å². The van der Waals surface area contributed by atoms with Gasteiger partial charge in [0.15, 0.2) is 0 Å². The molecule has 2 rings (SSSR count). The van der Waals surface area contributed by atoms with Gasteiger partial charge in [-0.1, -0.05) is 6.92 Å². The molecule has 0 radical (unpaired) electrons. The third-order valence-corrected chi connectivity index (χ3v) is 3.76. The Labute approximate surface area is 104 Å². The van der Waals surface area contributed by atoms with Gasteiger partial charge in [0.05, 0.1) is 13.2 Å². The van der Waals surface area contributed by atoms with Crippen LogP contribution in [0.3, 0.4) is 0 Å². The maximum absolute atomic E-state index is 5.26. The lowest BCUT2D eigenvalue weighted by Gasteiger charge is -2.38. The van der Waals surface area contributed by atoms with Gasteiger partial charge in [0.25, 0.3) is 0 Å². The van der Waals surface area contributed by atoms with Gasteiger partial charge in [-0.05, 0) is 32.4 Å². The van der Waals surface area contributed by atoms with E-state index in [1.807, 2.05) is 0 Å². The summed E-state index contributed by atoms with van der Waals surface area (Å²) in [7, 11) is 0. The van der Waals surface area contributed by atoms with Crippen LogP contribution in [0.5, 0.6) is 0 Å². The Morgan fingerprint density at radius 3 is 2.59 bits per heavy atom. The number of nitrogens with zero attached hydrogens (tertiary/aromatic N) is 1. The summed E-state index contributed by atoms with van der Waals surface area (Å²) in [5.74, 6) is 0. The van der Waals surface area contributed by atoms with E-state index in [9.17, 15) is 0 Å². The van der Waals surface area contributed by atoms with Crippen molar-refractivity contribution in [2.45, 2.75) is 40.8 Å². The van der Waals surface area contributed by atoms with Crippen LogP contribution >= 0.6 is 0 Å².